The predicted molar refractivity (Wildman–Crippen MR) is 71.6 cm³/mol. The van der Waals surface area contributed by atoms with Gasteiger partial charge in [-0.05, 0) is 37.1 Å². The molecule has 18 heavy (non-hydrogen) atoms. The Hall–Kier alpha value is -1.39. The largest absolute Gasteiger partial charge is 0.369 e. The van der Waals surface area contributed by atoms with E-state index in [9.17, 15) is 4.79 Å². The summed E-state index contributed by atoms with van der Waals surface area (Å²) in [5, 5.41) is 0. The molecule has 1 heterocycles. The first-order valence-electron chi connectivity index (χ1n) is 6.45. The summed E-state index contributed by atoms with van der Waals surface area (Å²) in [5.74, 6) is 0.0175. The molecule has 1 aliphatic heterocycles. The van der Waals surface area contributed by atoms with Crippen LogP contribution in [0.25, 0.3) is 0 Å². The van der Waals surface area contributed by atoms with Gasteiger partial charge in [0.25, 0.3) is 5.91 Å². The average Bonchev–Trinajstić information content (AvgIpc) is 2.40. The molecule has 1 aromatic carbocycles. The number of ether oxygens (including phenoxy) is 1. The molecule has 1 amide bonds. The fourth-order valence-corrected chi connectivity index (χ4v) is 2.28. The number of carbonyl (C=O) groups is 1. The van der Waals surface area contributed by atoms with Crippen LogP contribution in [-0.2, 0) is 16.0 Å². The lowest BCUT2D eigenvalue weighted by Crippen LogP contribution is -2.50. The number of anilines is 1. The molecule has 2 rings (SSSR count). The van der Waals surface area contributed by atoms with Crippen molar-refractivity contribution in [3.63, 3.8) is 0 Å². The number of aryl methyl sites for hydroxylation is 1. The van der Waals surface area contributed by atoms with Gasteiger partial charge < -0.3 is 15.4 Å². The van der Waals surface area contributed by atoms with Gasteiger partial charge in [0.1, 0.15) is 6.61 Å². The van der Waals surface area contributed by atoms with Crippen LogP contribution in [0.2, 0.25) is 0 Å². The molecule has 0 aliphatic carbocycles. The highest BCUT2D eigenvalue weighted by Crippen LogP contribution is 2.22. The van der Waals surface area contributed by atoms with Crippen molar-refractivity contribution in [2.45, 2.75) is 25.8 Å². The summed E-state index contributed by atoms with van der Waals surface area (Å²) in [4.78, 5) is 13.8. The molecule has 0 spiro atoms. The van der Waals surface area contributed by atoms with Gasteiger partial charge >= 0.3 is 0 Å². The molecule has 0 saturated carbocycles. The maximum absolute atomic E-state index is 12.0. The lowest BCUT2D eigenvalue weighted by Gasteiger charge is -2.35. The fraction of sp³-hybridized carbons (Fsp3) is 0.500. The van der Waals surface area contributed by atoms with Gasteiger partial charge in [0.05, 0.1) is 12.6 Å². The monoisotopic (exact) mass is 248 g/mol. The Bertz CT molecular complexity index is 401. The van der Waals surface area contributed by atoms with Crippen LogP contribution >= 0.6 is 0 Å². The molecule has 0 aromatic heterocycles. The van der Waals surface area contributed by atoms with Crippen molar-refractivity contribution in [2.75, 3.05) is 24.7 Å². The number of hydrogen-bond acceptors (Lipinski definition) is 3. The summed E-state index contributed by atoms with van der Waals surface area (Å²) in [5.41, 5.74) is 7.81. The van der Waals surface area contributed by atoms with Crippen LogP contribution in [0, 0.1) is 0 Å². The van der Waals surface area contributed by atoms with Gasteiger partial charge in [-0.25, -0.2) is 0 Å². The van der Waals surface area contributed by atoms with Crippen molar-refractivity contribution < 1.29 is 9.53 Å². The Morgan fingerprint density at radius 1 is 1.39 bits per heavy atom. The SMILES string of the molecule is CCc1ccc(N2C(=O)COCC2CCN)cc1. The van der Waals surface area contributed by atoms with Crippen LogP contribution in [0.15, 0.2) is 24.3 Å². The quantitative estimate of drug-likeness (QED) is 0.874. The number of nitrogens with two attached hydrogens (primary N) is 1. The number of morpholine rings is 1. The zero-order valence-corrected chi connectivity index (χ0v) is 10.8. The first kappa shape index (κ1) is 13.1. The third-order valence-electron chi connectivity index (χ3n) is 3.29. The van der Waals surface area contributed by atoms with Gasteiger partial charge in [0.15, 0.2) is 0 Å². The topological polar surface area (TPSA) is 55.6 Å². The number of nitrogens with zero attached hydrogens (tertiary/aromatic N) is 1. The molecule has 98 valence electrons. The van der Waals surface area contributed by atoms with Gasteiger partial charge in [0.2, 0.25) is 0 Å². The van der Waals surface area contributed by atoms with Crippen molar-refractivity contribution in [3.8, 4) is 0 Å². The second kappa shape index (κ2) is 5.98. The number of rotatable bonds is 4. The number of hydrogen-bond donors (Lipinski definition) is 1. The van der Waals surface area contributed by atoms with Crippen LogP contribution in [-0.4, -0.2) is 31.7 Å². The molecule has 1 aromatic rings. The summed E-state index contributed by atoms with van der Waals surface area (Å²) in [6.07, 6.45) is 1.77. The zero-order chi connectivity index (χ0) is 13.0. The summed E-state index contributed by atoms with van der Waals surface area (Å²) in [6.45, 7) is 3.41. The van der Waals surface area contributed by atoms with Crippen LogP contribution in [0.4, 0.5) is 5.69 Å². The maximum atomic E-state index is 12.0. The molecule has 0 bridgehead atoms. The van der Waals surface area contributed by atoms with E-state index in [0.29, 0.717) is 13.2 Å². The van der Waals surface area contributed by atoms with Crippen LogP contribution < -0.4 is 10.6 Å². The Morgan fingerprint density at radius 3 is 2.72 bits per heavy atom. The normalized spacial score (nSPS) is 20.2. The highest BCUT2D eigenvalue weighted by molar-refractivity contribution is 5.95. The van der Waals surface area contributed by atoms with E-state index < -0.39 is 0 Å². The summed E-state index contributed by atoms with van der Waals surface area (Å²) in [7, 11) is 0. The standard InChI is InChI=1S/C14H20N2O2/c1-2-11-3-5-12(6-4-11)16-13(7-8-15)9-18-10-14(16)17/h3-6,13H,2,7-10,15H2,1H3. The van der Waals surface area contributed by atoms with E-state index in [2.05, 4.69) is 19.1 Å². The lowest BCUT2D eigenvalue weighted by molar-refractivity contribution is -0.127. The summed E-state index contributed by atoms with van der Waals surface area (Å²) in [6, 6.07) is 8.20. The molecular weight excluding hydrogens is 228 g/mol. The second-order valence-electron chi connectivity index (χ2n) is 4.53. The van der Waals surface area contributed by atoms with E-state index in [1.807, 2.05) is 17.0 Å². The van der Waals surface area contributed by atoms with Gasteiger partial charge in [-0.15, -0.1) is 0 Å². The van der Waals surface area contributed by atoms with Crippen molar-refractivity contribution in [1.82, 2.24) is 0 Å². The van der Waals surface area contributed by atoms with Gasteiger partial charge in [-0.2, -0.15) is 0 Å². The molecule has 2 N–H and O–H groups in total. The number of carbonyl (C=O) groups excluding carboxylic acids is 1. The average molecular weight is 248 g/mol. The molecule has 1 unspecified atom stereocenters. The molecule has 1 saturated heterocycles. The summed E-state index contributed by atoms with van der Waals surface area (Å²) < 4.78 is 5.30. The molecular formula is C14H20N2O2. The number of amides is 1. The minimum Gasteiger partial charge on any atom is -0.369 e. The van der Waals surface area contributed by atoms with Gasteiger partial charge in [-0.3, -0.25) is 4.79 Å². The van der Waals surface area contributed by atoms with Gasteiger partial charge in [-0.1, -0.05) is 19.1 Å². The van der Waals surface area contributed by atoms with E-state index in [1.54, 1.807) is 0 Å². The van der Waals surface area contributed by atoms with E-state index >= 15 is 0 Å². The van der Waals surface area contributed by atoms with Crippen molar-refractivity contribution >= 4 is 11.6 Å². The molecule has 4 heteroatoms. The molecule has 1 aliphatic rings. The smallest absolute Gasteiger partial charge is 0.253 e. The lowest BCUT2D eigenvalue weighted by atomic mass is 10.1. The first-order chi connectivity index (χ1) is 8.76. The van der Waals surface area contributed by atoms with E-state index in [1.165, 1.54) is 5.56 Å². The van der Waals surface area contributed by atoms with Crippen molar-refractivity contribution in [3.05, 3.63) is 29.8 Å². The molecule has 1 atom stereocenters. The number of benzene rings is 1. The molecule has 0 radical (unpaired) electrons. The molecule has 4 nitrogen and oxygen atoms in total. The first-order valence-corrected chi connectivity index (χ1v) is 6.45. The van der Waals surface area contributed by atoms with E-state index in [4.69, 9.17) is 10.5 Å². The Labute approximate surface area is 108 Å². The second-order valence-corrected chi connectivity index (χ2v) is 4.53. The Morgan fingerprint density at radius 2 is 2.11 bits per heavy atom. The third kappa shape index (κ3) is 2.71. The minimum atomic E-state index is 0.0175. The van der Waals surface area contributed by atoms with Crippen LogP contribution in [0.3, 0.4) is 0 Å². The molecule has 1 fully saturated rings. The zero-order valence-electron chi connectivity index (χ0n) is 10.8. The maximum Gasteiger partial charge on any atom is 0.253 e. The van der Waals surface area contributed by atoms with E-state index in [-0.39, 0.29) is 18.6 Å². The summed E-state index contributed by atoms with van der Waals surface area (Å²) >= 11 is 0. The fourth-order valence-electron chi connectivity index (χ4n) is 2.28. The predicted octanol–water partition coefficient (Wildman–Crippen LogP) is 1.33. The Balaban J connectivity index is 2.22. The van der Waals surface area contributed by atoms with Crippen molar-refractivity contribution in [1.29, 1.82) is 0 Å². The highest BCUT2D eigenvalue weighted by atomic mass is 16.5. The van der Waals surface area contributed by atoms with Crippen LogP contribution in [0.5, 0.6) is 0 Å². The van der Waals surface area contributed by atoms with Gasteiger partial charge in [0, 0.05) is 5.69 Å². The Kier molecular flexibility index (Phi) is 4.33. The van der Waals surface area contributed by atoms with Crippen LogP contribution in [0.1, 0.15) is 18.9 Å². The highest BCUT2D eigenvalue weighted by Gasteiger charge is 2.29. The van der Waals surface area contributed by atoms with Crippen molar-refractivity contribution in [2.24, 2.45) is 5.73 Å². The third-order valence-corrected chi connectivity index (χ3v) is 3.29. The van der Waals surface area contributed by atoms with E-state index in [0.717, 1.165) is 18.5 Å². The minimum absolute atomic E-state index is 0.0175.